The van der Waals surface area contributed by atoms with Crippen molar-refractivity contribution in [3.8, 4) is 0 Å². The second-order valence-corrected chi connectivity index (χ2v) is 1.53. The molecule has 1 aliphatic rings. The summed E-state index contributed by atoms with van der Waals surface area (Å²) in [4.78, 5) is 0. The van der Waals surface area contributed by atoms with Crippen molar-refractivity contribution in [3.05, 3.63) is 18.1 Å². The smallest absolute Gasteiger partial charge is 0.153 e. The molecule has 1 aliphatic heterocycles. The number of hydrogen-bond acceptors (Lipinski definition) is 2. The molecule has 0 spiro atoms. The first-order chi connectivity index (χ1) is 3.00. The Morgan fingerprint density at radius 3 is 3.00 bits per heavy atom. The summed E-state index contributed by atoms with van der Waals surface area (Å²) in [5.74, 6) is 0. The summed E-state index contributed by atoms with van der Waals surface area (Å²) in [6.45, 7) is 2.66. The van der Waals surface area contributed by atoms with Crippen LogP contribution >= 0.6 is 12.0 Å². The minimum absolute atomic E-state index is 0.826. The van der Waals surface area contributed by atoms with Crippen molar-refractivity contribution in [1.82, 2.24) is 0 Å². The van der Waals surface area contributed by atoms with Gasteiger partial charge in [-0.15, -0.1) is 0 Å². The van der Waals surface area contributed by atoms with E-state index in [-0.39, 0.29) is 0 Å². The van der Waals surface area contributed by atoms with Gasteiger partial charge >= 0.3 is 0 Å². The number of rotatable bonds is 0. The minimum atomic E-state index is 0.826. The molecule has 0 bridgehead atoms. The molecule has 32 valence electrons. The first kappa shape index (κ1) is 4.22. The van der Waals surface area contributed by atoms with E-state index in [1.165, 1.54) is 12.0 Å². The van der Waals surface area contributed by atoms with Crippen molar-refractivity contribution in [2.75, 3.05) is 0 Å². The zero-order valence-electron chi connectivity index (χ0n) is 3.18. The van der Waals surface area contributed by atoms with E-state index < -0.39 is 0 Å². The van der Waals surface area contributed by atoms with E-state index in [1.54, 1.807) is 0 Å². The van der Waals surface area contributed by atoms with Crippen LogP contribution in [0.25, 0.3) is 0 Å². The molecular weight excluding hydrogens is 96.1 g/mol. The van der Waals surface area contributed by atoms with Crippen LogP contribution in [-0.2, 0) is 4.18 Å². The van der Waals surface area contributed by atoms with Crippen molar-refractivity contribution >= 4 is 12.0 Å². The van der Waals surface area contributed by atoms with Gasteiger partial charge in [-0.2, -0.15) is 0 Å². The Bertz CT molecular complexity index is 52.6. The van der Waals surface area contributed by atoms with E-state index in [0.29, 0.717) is 0 Å². The Labute approximate surface area is 41.6 Å². The van der Waals surface area contributed by atoms with Gasteiger partial charge in [0.1, 0.15) is 0 Å². The van der Waals surface area contributed by atoms with Gasteiger partial charge in [-0.3, -0.25) is 4.18 Å². The lowest BCUT2D eigenvalue weighted by atomic mass is 10.5. The fourth-order valence-corrected chi connectivity index (χ4v) is 0.598. The molecule has 0 N–H and O–H groups in total. The molecule has 0 saturated carbocycles. The Balaban J connectivity index is 2.26. The Morgan fingerprint density at radius 1 is 1.83 bits per heavy atom. The van der Waals surface area contributed by atoms with Gasteiger partial charge in [-0.05, 0) is 5.41 Å². The Hall–Kier alpha value is 0.0500. The molecule has 2 radical (unpaired) electrons. The summed E-state index contributed by atoms with van der Waals surface area (Å²) < 4.78 is 4.65. The molecule has 2 heteroatoms. The third-order valence-corrected chi connectivity index (χ3v) is 0.978. The average Bonchev–Trinajstić information content (AvgIpc) is 1.72. The third-order valence-electron chi connectivity index (χ3n) is 0.460. The van der Waals surface area contributed by atoms with Gasteiger partial charge in [0.25, 0.3) is 0 Å². The fraction of sp³-hybridized carbons (Fsp3) is 0.250. The van der Waals surface area contributed by atoms with Gasteiger partial charge in [0.15, 0.2) is 6.61 Å². The minimum Gasteiger partial charge on any atom is -0.297 e. The lowest BCUT2D eigenvalue weighted by Crippen LogP contribution is -1.76. The molecule has 0 atom stereocenters. The lowest BCUT2D eigenvalue weighted by molar-refractivity contribution is 0.472. The van der Waals surface area contributed by atoms with E-state index >= 15 is 0 Å². The van der Waals surface area contributed by atoms with Crippen LogP contribution in [0.4, 0.5) is 0 Å². The van der Waals surface area contributed by atoms with Crippen LogP contribution in [0.15, 0.2) is 11.5 Å². The zero-order chi connectivity index (χ0) is 4.24. The van der Waals surface area contributed by atoms with Crippen LogP contribution in [0.5, 0.6) is 0 Å². The maximum absolute atomic E-state index is 4.65. The van der Waals surface area contributed by atoms with E-state index in [9.17, 15) is 0 Å². The molecule has 0 aromatic heterocycles. The zero-order valence-corrected chi connectivity index (χ0v) is 3.99. The van der Waals surface area contributed by atoms with E-state index in [4.69, 9.17) is 0 Å². The van der Waals surface area contributed by atoms with Crippen LogP contribution in [0.3, 0.4) is 0 Å². The normalized spacial score (nSPS) is 21.3. The van der Waals surface area contributed by atoms with Gasteiger partial charge in [0.2, 0.25) is 0 Å². The molecule has 1 rings (SSSR count). The maximum Gasteiger partial charge on any atom is 0.153 e. The van der Waals surface area contributed by atoms with E-state index in [2.05, 4.69) is 10.8 Å². The van der Waals surface area contributed by atoms with E-state index in [0.717, 1.165) is 6.42 Å². The van der Waals surface area contributed by atoms with Gasteiger partial charge in [-0.1, -0.05) is 6.08 Å². The van der Waals surface area contributed by atoms with Crippen molar-refractivity contribution in [1.29, 1.82) is 0 Å². The molecule has 0 aromatic rings. The first-order valence-electron chi connectivity index (χ1n) is 1.70. The topological polar surface area (TPSA) is 9.23 Å². The quantitative estimate of drug-likeness (QED) is 0.428. The lowest BCUT2D eigenvalue weighted by Gasteiger charge is -1.96. The van der Waals surface area contributed by atoms with Crippen molar-refractivity contribution in [2.24, 2.45) is 0 Å². The summed E-state index contributed by atoms with van der Waals surface area (Å²) in [6, 6.07) is 0. The average molecular weight is 100 g/mol. The van der Waals surface area contributed by atoms with Crippen LogP contribution in [0.1, 0.15) is 6.42 Å². The monoisotopic (exact) mass is 100.0 g/mol. The summed E-state index contributed by atoms with van der Waals surface area (Å²) >= 11 is 1.30. The van der Waals surface area contributed by atoms with Gasteiger partial charge in [0.05, 0.1) is 0 Å². The summed E-state index contributed by atoms with van der Waals surface area (Å²) in [5, 5.41) is 1.90. The molecule has 1 heterocycles. The summed E-state index contributed by atoms with van der Waals surface area (Å²) in [5.41, 5.74) is 0. The standard InChI is InChI=1S/C4H4OS/c1-2-4-6-5-3-1/h2,4H,1H2. The SMILES string of the molecule is [C]1CC=CSO1. The Kier molecular flexibility index (Phi) is 1.59. The first-order valence-corrected chi connectivity index (χ1v) is 2.51. The molecule has 0 unspecified atom stereocenters. The Morgan fingerprint density at radius 2 is 2.83 bits per heavy atom. The molecular formula is C4H4OS. The van der Waals surface area contributed by atoms with Gasteiger partial charge < -0.3 is 0 Å². The van der Waals surface area contributed by atoms with Crippen molar-refractivity contribution < 1.29 is 4.18 Å². The summed E-state index contributed by atoms with van der Waals surface area (Å²) in [6.07, 6.45) is 2.82. The van der Waals surface area contributed by atoms with Gasteiger partial charge in [0, 0.05) is 18.5 Å². The highest BCUT2D eigenvalue weighted by Crippen LogP contribution is 2.13. The van der Waals surface area contributed by atoms with E-state index in [1.807, 2.05) is 11.5 Å². The van der Waals surface area contributed by atoms with Crippen molar-refractivity contribution in [3.63, 3.8) is 0 Å². The highest BCUT2D eigenvalue weighted by Gasteiger charge is 1.89. The predicted octanol–water partition coefficient (Wildman–Crippen LogP) is 1.61. The fourth-order valence-electron chi connectivity index (χ4n) is 0.231. The summed E-state index contributed by atoms with van der Waals surface area (Å²) in [7, 11) is 0. The maximum atomic E-state index is 4.65. The van der Waals surface area contributed by atoms with Crippen LogP contribution in [0, 0.1) is 6.61 Å². The second-order valence-electron chi connectivity index (χ2n) is 0.900. The van der Waals surface area contributed by atoms with Gasteiger partial charge in [-0.25, -0.2) is 0 Å². The molecule has 0 aromatic carbocycles. The largest absolute Gasteiger partial charge is 0.297 e. The molecule has 1 nitrogen and oxygen atoms in total. The number of hydrogen-bond donors (Lipinski definition) is 0. The highest BCUT2D eigenvalue weighted by molar-refractivity contribution is 7.97. The molecule has 0 fully saturated rings. The molecule has 0 amide bonds. The molecule has 6 heavy (non-hydrogen) atoms. The van der Waals surface area contributed by atoms with Crippen LogP contribution in [-0.4, -0.2) is 0 Å². The molecule has 0 saturated heterocycles. The van der Waals surface area contributed by atoms with Crippen molar-refractivity contribution in [2.45, 2.75) is 6.42 Å². The molecule has 0 aliphatic carbocycles. The van der Waals surface area contributed by atoms with Crippen LogP contribution < -0.4 is 0 Å². The third kappa shape index (κ3) is 1.03. The second kappa shape index (κ2) is 2.26. The highest BCUT2D eigenvalue weighted by atomic mass is 32.2. The van der Waals surface area contributed by atoms with Crippen LogP contribution in [0.2, 0.25) is 0 Å². The predicted molar refractivity (Wildman–Crippen MR) is 25.7 cm³/mol.